The van der Waals surface area contributed by atoms with E-state index in [1.54, 1.807) is 6.92 Å². The maximum Gasteiger partial charge on any atom is 0.157 e. The molecule has 0 spiro atoms. The van der Waals surface area contributed by atoms with Crippen molar-refractivity contribution in [2.24, 2.45) is 0 Å². The molecule has 70 valence electrons. The highest BCUT2D eigenvalue weighted by Crippen LogP contribution is 2.13. The Balaban J connectivity index is 2.01. The molecule has 0 N–H and O–H groups in total. The van der Waals surface area contributed by atoms with Gasteiger partial charge in [0.15, 0.2) is 6.29 Å². The van der Waals surface area contributed by atoms with Crippen molar-refractivity contribution in [1.29, 1.82) is 0 Å². The fraction of sp³-hybridized carbons (Fsp3) is 0.889. The van der Waals surface area contributed by atoms with E-state index in [1.165, 1.54) is 6.42 Å². The monoisotopic (exact) mass is 172 g/mol. The average Bonchev–Trinajstić information content (AvgIpc) is 2.05. The van der Waals surface area contributed by atoms with E-state index in [0.29, 0.717) is 13.0 Å². The summed E-state index contributed by atoms with van der Waals surface area (Å²) >= 11 is 0. The molecule has 0 bridgehead atoms. The van der Waals surface area contributed by atoms with Gasteiger partial charge in [0.2, 0.25) is 0 Å². The van der Waals surface area contributed by atoms with Crippen molar-refractivity contribution in [1.82, 2.24) is 0 Å². The molecule has 12 heavy (non-hydrogen) atoms. The van der Waals surface area contributed by atoms with Crippen LogP contribution in [0.15, 0.2) is 0 Å². The third kappa shape index (κ3) is 3.83. The Morgan fingerprint density at radius 1 is 1.58 bits per heavy atom. The number of hydrogen-bond acceptors (Lipinski definition) is 3. The molecule has 3 nitrogen and oxygen atoms in total. The Hall–Kier alpha value is -0.410. The SMILES string of the molecule is CC(=O)CCO[C@@H]1CCCCO1. The van der Waals surface area contributed by atoms with Gasteiger partial charge in [0.25, 0.3) is 0 Å². The molecule has 0 aromatic rings. The first-order chi connectivity index (χ1) is 5.79. The van der Waals surface area contributed by atoms with Crippen LogP contribution in [-0.4, -0.2) is 25.3 Å². The summed E-state index contributed by atoms with van der Waals surface area (Å²) in [5, 5.41) is 0. The topological polar surface area (TPSA) is 35.5 Å². The van der Waals surface area contributed by atoms with Crippen LogP contribution in [-0.2, 0) is 14.3 Å². The maximum absolute atomic E-state index is 10.6. The number of ether oxygens (including phenoxy) is 2. The second-order valence-electron chi connectivity index (χ2n) is 3.12. The fourth-order valence-corrected chi connectivity index (χ4v) is 1.18. The lowest BCUT2D eigenvalue weighted by molar-refractivity contribution is -0.163. The van der Waals surface area contributed by atoms with Crippen LogP contribution in [0.5, 0.6) is 0 Å². The van der Waals surface area contributed by atoms with Crippen molar-refractivity contribution >= 4 is 5.78 Å². The quantitative estimate of drug-likeness (QED) is 0.644. The minimum atomic E-state index is -0.0573. The van der Waals surface area contributed by atoms with E-state index in [0.717, 1.165) is 19.4 Å². The number of hydrogen-bond donors (Lipinski definition) is 0. The van der Waals surface area contributed by atoms with E-state index >= 15 is 0 Å². The summed E-state index contributed by atoms with van der Waals surface area (Å²) < 4.78 is 10.7. The van der Waals surface area contributed by atoms with Gasteiger partial charge in [-0.25, -0.2) is 0 Å². The molecule has 0 saturated carbocycles. The Morgan fingerprint density at radius 3 is 3.00 bits per heavy atom. The van der Waals surface area contributed by atoms with E-state index < -0.39 is 0 Å². The molecule has 1 aliphatic heterocycles. The molecule has 0 unspecified atom stereocenters. The molecule has 0 radical (unpaired) electrons. The average molecular weight is 172 g/mol. The number of rotatable bonds is 4. The van der Waals surface area contributed by atoms with Gasteiger partial charge in [-0.3, -0.25) is 4.79 Å². The van der Waals surface area contributed by atoms with Gasteiger partial charge < -0.3 is 9.47 Å². The molecule has 0 aromatic carbocycles. The van der Waals surface area contributed by atoms with Gasteiger partial charge in [0, 0.05) is 13.0 Å². The first-order valence-electron chi connectivity index (χ1n) is 4.51. The van der Waals surface area contributed by atoms with Crippen molar-refractivity contribution in [2.75, 3.05) is 13.2 Å². The number of Topliss-reactive ketones (excluding diaryl/α,β-unsaturated/α-hetero) is 1. The van der Waals surface area contributed by atoms with E-state index in [2.05, 4.69) is 0 Å². The van der Waals surface area contributed by atoms with E-state index in [1.807, 2.05) is 0 Å². The lowest BCUT2D eigenvalue weighted by Gasteiger charge is -2.22. The van der Waals surface area contributed by atoms with Crippen LogP contribution in [0, 0.1) is 0 Å². The predicted molar refractivity (Wildman–Crippen MR) is 44.8 cm³/mol. The molecular formula is C9H16O3. The predicted octanol–water partition coefficient (Wildman–Crippen LogP) is 1.51. The van der Waals surface area contributed by atoms with Gasteiger partial charge in [-0.1, -0.05) is 0 Å². The number of ketones is 1. The van der Waals surface area contributed by atoms with Crippen LogP contribution >= 0.6 is 0 Å². The van der Waals surface area contributed by atoms with Crippen LogP contribution in [0.1, 0.15) is 32.6 Å². The molecule has 1 rings (SSSR count). The number of carbonyl (C=O) groups excluding carboxylic acids is 1. The first-order valence-corrected chi connectivity index (χ1v) is 4.51. The molecule has 0 amide bonds. The van der Waals surface area contributed by atoms with Crippen molar-refractivity contribution in [3.8, 4) is 0 Å². The molecule has 1 fully saturated rings. The van der Waals surface area contributed by atoms with Crippen LogP contribution in [0.4, 0.5) is 0 Å². The standard InChI is InChI=1S/C9H16O3/c1-8(10)5-7-12-9-4-2-3-6-11-9/h9H,2-7H2,1H3/t9-/m1/s1. The van der Waals surface area contributed by atoms with Crippen LogP contribution in [0.25, 0.3) is 0 Å². The second kappa shape index (κ2) is 5.27. The summed E-state index contributed by atoms with van der Waals surface area (Å²) in [4.78, 5) is 10.6. The Labute approximate surface area is 73.0 Å². The van der Waals surface area contributed by atoms with Gasteiger partial charge in [0.1, 0.15) is 5.78 Å². The zero-order chi connectivity index (χ0) is 8.81. The summed E-state index contributed by atoms with van der Waals surface area (Å²) in [6, 6.07) is 0. The maximum atomic E-state index is 10.6. The molecule has 1 atom stereocenters. The zero-order valence-electron chi connectivity index (χ0n) is 7.54. The largest absolute Gasteiger partial charge is 0.353 e. The van der Waals surface area contributed by atoms with E-state index in [-0.39, 0.29) is 12.1 Å². The summed E-state index contributed by atoms with van der Waals surface area (Å²) in [5.41, 5.74) is 0. The minimum absolute atomic E-state index is 0.0573. The summed E-state index contributed by atoms with van der Waals surface area (Å²) in [6.07, 6.45) is 3.72. The van der Waals surface area contributed by atoms with Gasteiger partial charge in [0.05, 0.1) is 6.61 Å². The fourth-order valence-electron chi connectivity index (χ4n) is 1.18. The Kier molecular flexibility index (Phi) is 4.25. The van der Waals surface area contributed by atoms with Gasteiger partial charge in [-0.2, -0.15) is 0 Å². The molecule has 1 aliphatic rings. The molecule has 3 heteroatoms. The smallest absolute Gasteiger partial charge is 0.157 e. The van der Waals surface area contributed by atoms with Crippen molar-refractivity contribution < 1.29 is 14.3 Å². The van der Waals surface area contributed by atoms with Gasteiger partial charge in [-0.15, -0.1) is 0 Å². The van der Waals surface area contributed by atoms with Crippen LogP contribution in [0.2, 0.25) is 0 Å². The second-order valence-corrected chi connectivity index (χ2v) is 3.12. The molecule has 1 saturated heterocycles. The third-order valence-electron chi connectivity index (χ3n) is 1.90. The van der Waals surface area contributed by atoms with Crippen molar-refractivity contribution in [2.45, 2.75) is 38.9 Å². The molecule has 0 aromatic heterocycles. The van der Waals surface area contributed by atoms with Gasteiger partial charge in [-0.05, 0) is 26.2 Å². The Bertz CT molecular complexity index is 139. The third-order valence-corrected chi connectivity index (χ3v) is 1.90. The highest BCUT2D eigenvalue weighted by atomic mass is 16.7. The highest BCUT2D eigenvalue weighted by Gasteiger charge is 2.13. The zero-order valence-corrected chi connectivity index (χ0v) is 7.54. The van der Waals surface area contributed by atoms with E-state index in [4.69, 9.17) is 9.47 Å². The lowest BCUT2D eigenvalue weighted by atomic mass is 10.2. The minimum Gasteiger partial charge on any atom is -0.353 e. The van der Waals surface area contributed by atoms with Crippen LogP contribution < -0.4 is 0 Å². The molecular weight excluding hydrogens is 156 g/mol. The molecule has 1 heterocycles. The number of carbonyl (C=O) groups is 1. The summed E-state index contributed by atoms with van der Waals surface area (Å²) in [6.45, 7) is 2.87. The lowest BCUT2D eigenvalue weighted by Crippen LogP contribution is -2.23. The summed E-state index contributed by atoms with van der Waals surface area (Å²) in [7, 11) is 0. The van der Waals surface area contributed by atoms with E-state index in [9.17, 15) is 4.79 Å². The summed E-state index contributed by atoms with van der Waals surface area (Å²) in [5.74, 6) is 0.172. The van der Waals surface area contributed by atoms with Crippen molar-refractivity contribution in [3.05, 3.63) is 0 Å². The van der Waals surface area contributed by atoms with Crippen LogP contribution in [0.3, 0.4) is 0 Å². The normalized spacial score (nSPS) is 23.9. The highest BCUT2D eigenvalue weighted by molar-refractivity contribution is 5.75. The van der Waals surface area contributed by atoms with Crippen molar-refractivity contribution in [3.63, 3.8) is 0 Å². The molecule has 0 aliphatic carbocycles. The Morgan fingerprint density at radius 2 is 2.42 bits per heavy atom. The van der Waals surface area contributed by atoms with Gasteiger partial charge >= 0.3 is 0 Å². The first kappa shape index (κ1) is 9.68.